The van der Waals surface area contributed by atoms with Gasteiger partial charge in [0.1, 0.15) is 10.6 Å². The Hall–Kier alpha value is -2.27. The summed E-state index contributed by atoms with van der Waals surface area (Å²) in [6, 6.07) is 9.30. The van der Waals surface area contributed by atoms with Gasteiger partial charge in [0.15, 0.2) is 5.13 Å². The standard InChI is InChI=1S/C9H6F3N3S.C7H5F3S/c10-9(11,12)7-6(15-8(13)16-7)5-3-1-2-4-14-5;8-7(9,10)5-1-3-6(11)4-2-5/h1-4H,(H2,13,15);1-4,11H. The third-order valence-corrected chi connectivity index (χ3v) is 4.23. The molecule has 27 heavy (non-hydrogen) atoms. The van der Waals surface area contributed by atoms with Gasteiger partial charge >= 0.3 is 12.4 Å². The molecule has 3 rings (SSSR count). The summed E-state index contributed by atoms with van der Waals surface area (Å²) in [6.45, 7) is 0. The second kappa shape index (κ2) is 8.17. The van der Waals surface area contributed by atoms with Gasteiger partial charge in [-0.1, -0.05) is 17.4 Å². The molecule has 0 spiro atoms. The number of benzene rings is 1. The van der Waals surface area contributed by atoms with Crippen molar-refractivity contribution in [3.05, 3.63) is 59.1 Å². The Morgan fingerprint density at radius 3 is 2.00 bits per heavy atom. The molecule has 0 fully saturated rings. The lowest BCUT2D eigenvalue weighted by molar-refractivity contribution is -0.137. The number of anilines is 1. The molecule has 11 heteroatoms. The van der Waals surface area contributed by atoms with Crippen molar-refractivity contribution in [3.63, 3.8) is 0 Å². The highest BCUT2D eigenvalue weighted by molar-refractivity contribution is 7.80. The molecule has 2 aromatic heterocycles. The summed E-state index contributed by atoms with van der Waals surface area (Å²) >= 11 is 4.28. The summed E-state index contributed by atoms with van der Waals surface area (Å²) in [5, 5.41) is -0.118. The number of hydrogen-bond donors (Lipinski definition) is 2. The van der Waals surface area contributed by atoms with Crippen molar-refractivity contribution < 1.29 is 26.3 Å². The lowest BCUT2D eigenvalue weighted by Gasteiger charge is -2.05. The Kier molecular flexibility index (Phi) is 6.37. The molecule has 0 saturated carbocycles. The van der Waals surface area contributed by atoms with Crippen LogP contribution >= 0.6 is 24.0 Å². The number of nitrogen functional groups attached to an aromatic ring is 1. The van der Waals surface area contributed by atoms with Crippen LogP contribution in [0.15, 0.2) is 53.6 Å². The van der Waals surface area contributed by atoms with Crippen molar-refractivity contribution in [2.24, 2.45) is 0 Å². The van der Waals surface area contributed by atoms with E-state index in [4.69, 9.17) is 5.73 Å². The van der Waals surface area contributed by atoms with Crippen molar-refractivity contribution >= 4 is 29.1 Å². The van der Waals surface area contributed by atoms with E-state index in [1.165, 1.54) is 24.4 Å². The third kappa shape index (κ3) is 5.86. The number of thiazole rings is 1. The van der Waals surface area contributed by atoms with Gasteiger partial charge in [0.05, 0.1) is 11.3 Å². The Labute approximate surface area is 159 Å². The molecule has 0 radical (unpaired) electrons. The molecule has 0 amide bonds. The van der Waals surface area contributed by atoms with E-state index in [1.54, 1.807) is 12.1 Å². The molecule has 1 aromatic carbocycles. The van der Waals surface area contributed by atoms with E-state index >= 15 is 0 Å². The normalized spacial score (nSPS) is 11.7. The van der Waals surface area contributed by atoms with Gasteiger partial charge in [-0.2, -0.15) is 26.3 Å². The van der Waals surface area contributed by atoms with Crippen molar-refractivity contribution in [2.45, 2.75) is 17.2 Å². The van der Waals surface area contributed by atoms with E-state index in [-0.39, 0.29) is 16.5 Å². The maximum absolute atomic E-state index is 12.6. The van der Waals surface area contributed by atoms with Crippen LogP contribution in [0.1, 0.15) is 10.4 Å². The van der Waals surface area contributed by atoms with Crippen molar-refractivity contribution in [1.29, 1.82) is 0 Å². The van der Waals surface area contributed by atoms with Crippen molar-refractivity contribution in [1.82, 2.24) is 9.97 Å². The molecular weight excluding hydrogens is 412 g/mol. The van der Waals surface area contributed by atoms with Crippen molar-refractivity contribution in [3.8, 4) is 11.4 Å². The topological polar surface area (TPSA) is 51.8 Å². The van der Waals surface area contributed by atoms with Crippen LogP contribution in [0.2, 0.25) is 0 Å². The van der Waals surface area contributed by atoms with E-state index in [1.807, 2.05) is 0 Å². The van der Waals surface area contributed by atoms with E-state index in [9.17, 15) is 26.3 Å². The average molecular weight is 423 g/mol. The molecule has 3 nitrogen and oxygen atoms in total. The quantitative estimate of drug-likeness (QED) is 0.384. The fourth-order valence-corrected chi connectivity index (χ4v) is 2.71. The molecular formula is C16H11F6N3S2. The number of nitrogens with zero attached hydrogens (tertiary/aromatic N) is 2. The first kappa shape index (κ1) is 21.0. The van der Waals surface area contributed by atoms with E-state index in [2.05, 4.69) is 22.6 Å². The van der Waals surface area contributed by atoms with E-state index in [0.29, 0.717) is 16.2 Å². The summed E-state index contributed by atoms with van der Waals surface area (Å²) < 4.78 is 73.6. The molecule has 0 aliphatic rings. The molecule has 0 atom stereocenters. The van der Waals surface area contributed by atoms with Gasteiger partial charge in [-0.05, 0) is 36.4 Å². The SMILES string of the molecule is FC(F)(F)c1ccc(S)cc1.Nc1nc(-c2ccccn2)c(C(F)(F)F)s1. The number of aromatic nitrogens is 2. The Morgan fingerprint density at radius 1 is 0.889 bits per heavy atom. The number of alkyl halides is 6. The van der Waals surface area contributed by atoms with Gasteiger partial charge in [-0.25, -0.2) is 4.98 Å². The minimum Gasteiger partial charge on any atom is -0.375 e. The van der Waals surface area contributed by atoms with E-state index in [0.717, 1.165) is 12.1 Å². The third-order valence-electron chi connectivity index (χ3n) is 3.00. The maximum Gasteiger partial charge on any atom is 0.427 e. The first-order chi connectivity index (χ1) is 12.5. The van der Waals surface area contributed by atoms with Crippen LogP contribution in [0.25, 0.3) is 11.4 Å². The number of halogens is 6. The molecule has 2 heterocycles. The fraction of sp³-hybridized carbons (Fsp3) is 0.125. The van der Waals surface area contributed by atoms with Crippen LogP contribution in [0.3, 0.4) is 0 Å². The van der Waals surface area contributed by atoms with Gasteiger partial charge in [0.2, 0.25) is 0 Å². The molecule has 3 aromatic rings. The highest BCUT2D eigenvalue weighted by Gasteiger charge is 2.37. The molecule has 2 N–H and O–H groups in total. The van der Waals surface area contributed by atoms with Gasteiger partial charge in [-0.15, -0.1) is 12.6 Å². The number of nitrogens with two attached hydrogens (primary N) is 1. The minimum absolute atomic E-state index is 0.118. The second-order valence-corrected chi connectivity index (χ2v) is 6.53. The Bertz CT molecular complexity index is 874. The predicted octanol–water partition coefficient (Wildman–Crippen LogP) is 5.80. The highest BCUT2D eigenvalue weighted by Crippen LogP contribution is 2.41. The summed E-state index contributed by atoms with van der Waals surface area (Å²) in [4.78, 5) is 7.20. The number of pyridine rings is 1. The fourth-order valence-electron chi connectivity index (χ4n) is 1.86. The minimum atomic E-state index is -4.46. The molecule has 0 saturated heterocycles. The first-order valence-corrected chi connectivity index (χ1v) is 8.36. The second-order valence-electron chi connectivity index (χ2n) is 4.99. The zero-order valence-electron chi connectivity index (χ0n) is 13.2. The molecule has 0 aliphatic heterocycles. The van der Waals surface area contributed by atoms with Gasteiger partial charge in [0, 0.05) is 11.1 Å². The molecule has 144 valence electrons. The zero-order chi connectivity index (χ0) is 20.2. The molecule has 0 aliphatic carbocycles. The summed E-state index contributed by atoms with van der Waals surface area (Å²) in [7, 11) is 0. The Balaban J connectivity index is 0.000000208. The van der Waals surface area contributed by atoms with Gasteiger partial charge in [0.25, 0.3) is 0 Å². The van der Waals surface area contributed by atoms with Crippen LogP contribution in [0, 0.1) is 0 Å². The van der Waals surface area contributed by atoms with Gasteiger partial charge < -0.3 is 5.73 Å². The van der Waals surface area contributed by atoms with Crippen molar-refractivity contribution in [2.75, 3.05) is 5.73 Å². The largest absolute Gasteiger partial charge is 0.427 e. The van der Waals surface area contributed by atoms with Gasteiger partial charge in [-0.3, -0.25) is 4.98 Å². The number of rotatable bonds is 1. The predicted molar refractivity (Wildman–Crippen MR) is 93.5 cm³/mol. The van der Waals surface area contributed by atoms with E-state index < -0.39 is 22.8 Å². The molecule has 0 unspecified atom stereocenters. The monoisotopic (exact) mass is 423 g/mol. The van der Waals surface area contributed by atoms with Crippen LogP contribution in [0.4, 0.5) is 31.5 Å². The first-order valence-electron chi connectivity index (χ1n) is 7.09. The summed E-state index contributed by atoms with van der Waals surface area (Å²) in [5.41, 5.74) is 4.61. The lowest BCUT2D eigenvalue weighted by Crippen LogP contribution is -2.04. The Morgan fingerprint density at radius 2 is 1.52 bits per heavy atom. The average Bonchev–Trinajstić information content (AvgIpc) is 2.98. The highest BCUT2D eigenvalue weighted by atomic mass is 32.1. The van der Waals surface area contributed by atoms with Crippen LogP contribution in [0.5, 0.6) is 0 Å². The van der Waals surface area contributed by atoms with Crippen LogP contribution in [-0.2, 0) is 12.4 Å². The molecule has 0 bridgehead atoms. The number of hydrogen-bond acceptors (Lipinski definition) is 5. The lowest BCUT2D eigenvalue weighted by atomic mass is 10.2. The smallest absolute Gasteiger partial charge is 0.375 e. The van der Waals surface area contributed by atoms with Crippen LogP contribution < -0.4 is 5.73 Å². The number of thiol groups is 1. The zero-order valence-corrected chi connectivity index (χ0v) is 14.9. The maximum atomic E-state index is 12.6. The summed E-state index contributed by atoms with van der Waals surface area (Å²) in [5.74, 6) is 0. The summed E-state index contributed by atoms with van der Waals surface area (Å²) in [6.07, 6.45) is -7.30. The van der Waals surface area contributed by atoms with Crippen LogP contribution in [-0.4, -0.2) is 9.97 Å².